The molecule has 0 saturated carbocycles. The molecule has 0 aromatic heterocycles. The average molecular weight is 376 g/mol. The first-order valence-corrected chi connectivity index (χ1v) is 10.4. The highest BCUT2D eigenvalue weighted by Gasteiger charge is 2.43. The predicted molar refractivity (Wildman–Crippen MR) is 90.4 cm³/mol. The van der Waals surface area contributed by atoms with Crippen LogP contribution in [0.5, 0.6) is 0 Å². The summed E-state index contributed by atoms with van der Waals surface area (Å²) in [6, 6.07) is 4.37. The van der Waals surface area contributed by atoms with E-state index in [-0.39, 0.29) is 11.3 Å². The van der Waals surface area contributed by atoms with Gasteiger partial charge in [0.25, 0.3) is 20.2 Å². The summed E-state index contributed by atoms with van der Waals surface area (Å²) in [4.78, 5) is -0.171. The van der Waals surface area contributed by atoms with Crippen LogP contribution in [0.15, 0.2) is 23.1 Å². The smallest absolute Gasteiger partial charge is 0.285 e. The Bertz CT molecular complexity index is 913. The largest absolute Gasteiger partial charge is 0.294 e. The van der Waals surface area contributed by atoms with E-state index in [0.717, 1.165) is 17.0 Å². The van der Waals surface area contributed by atoms with Crippen LogP contribution in [0.25, 0.3) is 0 Å². The van der Waals surface area contributed by atoms with Gasteiger partial charge in [0.05, 0.1) is 15.6 Å². The summed E-state index contributed by atoms with van der Waals surface area (Å²) in [5.41, 5.74) is 1.99. The topological polar surface area (TPSA) is 112 Å². The van der Waals surface area contributed by atoms with E-state index in [1.165, 1.54) is 19.1 Å². The molecule has 1 aliphatic heterocycles. The molecule has 0 bridgehead atoms. The Morgan fingerprint density at radius 2 is 1.75 bits per heavy atom. The van der Waals surface area contributed by atoms with Crippen LogP contribution in [0.1, 0.15) is 39.7 Å². The van der Waals surface area contributed by atoms with Gasteiger partial charge in [-0.2, -0.15) is 21.4 Å². The predicted octanol–water partition coefficient (Wildman–Crippen LogP) is 2.00. The van der Waals surface area contributed by atoms with E-state index in [9.17, 15) is 21.4 Å². The third kappa shape index (κ3) is 3.39. The molecular weight excluding hydrogens is 354 g/mol. The van der Waals surface area contributed by atoms with Crippen LogP contribution in [0, 0.1) is 0 Å². The van der Waals surface area contributed by atoms with Crippen molar-refractivity contribution >= 4 is 31.6 Å². The van der Waals surface area contributed by atoms with Crippen molar-refractivity contribution in [1.82, 2.24) is 0 Å². The SMILES string of the molecule is CC1=[N+](CCC(C)S(=O)(=O)O)c2ccc(S(=O)(=O)O)cc2C1(C)C. The van der Waals surface area contributed by atoms with Crippen molar-refractivity contribution in [3.05, 3.63) is 23.8 Å². The van der Waals surface area contributed by atoms with Crippen LogP contribution in [0.4, 0.5) is 5.69 Å². The zero-order valence-electron chi connectivity index (χ0n) is 14.0. The standard InChI is InChI=1S/C15H21NO6S2/c1-10(23(17,18)19)7-8-16-11(2)15(3,4)13-9-12(24(20,21)22)5-6-14(13)16/h5-6,9-10H,7-8H2,1-4H3,(H-,17,18,19,20,21,22)/p+1. The number of hydrogen-bond acceptors (Lipinski definition) is 4. The molecule has 1 unspecified atom stereocenters. The lowest BCUT2D eigenvalue weighted by Gasteiger charge is -2.15. The van der Waals surface area contributed by atoms with Gasteiger partial charge in [-0.05, 0) is 32.9 Å². The van der Waals surface area contributed by atoms with E-state index in [1.54, 1.807) is 6.07 Å². The number of rotatable bonds is 5. The van der Waals surface area contributed by atoms with E-state index < -0.39 is 30.9 Å². The summed E-state index contributed by atoms with van der Waals surface area (Å²) in [5.74, 6) is 0. The third-order valence-electron chi connectivity index (χ3n) is 4.81. The number of fused-ring (bicyclic) bond motifs is 1. The minimum absolute atomic E-state index is 0.171. The molecule has 1 aromatic rings. The second kappa shape index (κ2) is 5.91. The fourth-order valence-electron chi connectivity index (χ4n) is 2.87. The monoisotopic (exact) mass is 376 g/mol. The van der Waals surface area contributed by atoms with Crippen LogP contribution in [0.3, 0.4) is 0 Å². The van der Waals surface area contributed by atoms with Gasteiger partial charge >= 0.3 is 0 Å². The lowest BCUT2D eigenvalue weighted by molar-refractivity contribution is -0.439. The molecule has 0 aliphatic carbocycles. The summed E-state index contributed by atoms with van der Waals surface area (Å²) in [6.07, 6.45) is 0.228. The molecule has 9 heteroatoms. The summed E-state index contributed by atoms with van der Waals surface area (Å²) in [7, 11) is -8.39. The summed E-state index contributed by atoms with van der Waals surface area (Å²) >= 11 is 0. The van der Waals surface area contributed by atoms with Crippen molar-refractivity contribution in [3.8, 4) is 0 Å². The molecule has 0 amide bonds. The molecule has 134 valence electrons. The van der Waals surface area contributed by atoms with Crippen molar-refractivity contribution in [2.45, 2.75) is 49.7 Å². The van der Waals surface area contributed by atoms with Gasteiger partial charge in [0.15, 0.2) is 5.71 Å². The fourth-order valence-corrected chi connectivity index (χ4v) is 3.78. The Labute approximate surface area is 142 Å². The highest BCUT2D eigenvalue weighted by Crippen LogP contribution is 2.40. The van der Waals surface area contributed by atoms with Crippen molar-refractivity contribution in [2.75, 3.05) is 6.54 Å². The lowest BCUT2D eigenvalue weighted by Crippen LogP contribution is -2.28. The van der Waals surface area contributed by atoms with Crippen LogP contribution in [0.2, 0.25) is 0 Å². The minimum Gasteiger partial charge on any atom is -0.285 e. The molecule has 0 radical (unpaired) electrons. The fraction of sp³-hybridized carbons (Fsp3) is 0.533. The minimum atomic E-state index is -4.29. The zero-order chi connectivity index (χ0) is 18.5. The lowest BCUT2D eigenvalue weighted by atomic mass is 9.82. The summed E-state index contributed by atoms with van der Waals surface area (Å²) in [6.45, 7) is 7.57. The first-order valence-electron chi connectivity index (χ1n) is 7.46. The number of nitrogens with zero attached hydrogens (tertiary/aromatic N) is 1. The first kappa shape index (κ1) is 19.0. The van der Waals surface area contributed by atoms with Gasteiger partial charge in [0.2, 0.25) is 5.69 Å². The van der Waals surface area contributed by atoms with E-state index in [1.807, 2.05) is 25.3 Å². The van der Waals surface area contributed by atoms with Gasteiger partial charge in [0, 0.05) is 25.0 Å². The summed E-state index contributed by atoms with van der Waals surface area (Å²) in [5, 5.41) is -0.894. The second-order valence-corrected chi connectivity index (χ2v) is 9.89. The Kier molecular flexibility index (Phi) is 4.68. The highest BCUT2D eigenvalue weighted by molar-refractivity contribution is 7.86. The molecule has 0 spiro atoms. The molecule has 7 nitrogen and oxygen atoms in total. The average Bonchev–Trinajstić information content (AvgIpc) is 2.62. The Balaban J connectivity index is 2.44. The van der Waals surface area contributed by atoms with E-state index in [4.69, 9.17) is 4.55 Å². The van der Waals surface area contributed by atoms with Crippen molar-refractivity contribution in [2.24, 2.45) is 0 Å². The third-order valence-corrected chi connectivity index (χ3v) is 6.91. The van der Waals surface area contributed by atoms with Gasteiger partial charge in [-0.25, -0.2) is 0 Å². The molecule has 24 heavy (non-hydrogen) atoms. The van der Waals surface area contributed by atoms with E-state index in [2.05, 4.69) is 0 Å². The molecule has 1 aliphatic rings. The molecule has 0 fully saturated rings. The Hall–Kier alpha value is -1.29. The molecule has 0 saturated heterocycles. The molecule has 2 N–H and O–H groups in total. The maximum Gasteiger partial charge on any atom is 0.294 e. The molecule has 1 aromatic carbocycles. The Morgan fingerprint density at radius 1 is 1.17 bits per heavy atom. The van der Waals surface area contributed by atoms with Crippen LogP contribution >= 0.6 is 0 Å². The van der Waals surface area contributed by atoms with E-state index in [0.29, 0.717) is 6.54 Å². The van der Waals surface area contributed by atoms with Gasteiger partial charge in [-0.3, -0.25) is 9.11 Å². The maximum absolute atomic E-state index is 11.4. The van der Waals surface area contributed by atoms with Gasteiger partial charge in [-0.15, -0.1) is 0 Å². The molecule has 1 atom stereocenters. The maximum atomic E-state index is 11.4. The molecular formula is C15H22NO6S2+. The number of hydrogen-bond donors (Lipinski definition) is 2. The number of benzene rings is 1. The van der Waals surface area contributed by atoms with Crippen molar-refractivity contribution in [3.63, 3.8) is 0 Å². The van der Waals surface area contributed by atoms with Crippen molar-refractivity contribution < 1.29 is 30.5 Å². The van der Waals surface area contributed by atoms with Gasteiger partial charge in [-0.1, -0.05) is 0 Å². The normalized spacial score (nSPS) is 18.6. The van der Waals surface area contributed by atoms with Crippen molar-refractivity contribution in [1.29, 1.82) is 0 Å². The van der Waals surface area contributed by atoms with E-state index >= 15 is 0 Å². The van der Waals surface area contributed by atoms with Crippen LogP contribution in [-0.2, 0) is 25.7 Å². The molecule has 1 heterocycles. The second-order valence-electron chi connectivity index (χ2n) is 6.63. The van der Waals surface area contributed by atoms with Gasteiger partial charge in [0.1, 0.15) is 6.54 Å². The highest BCUT2D eigenvalue weighted by atomic mass is 32.2. The Morgan fingerprint density at radius 3 is 2.25 bits per heavy atom. The first-order chi connectivity index (χ1) is 10.8. The summed E-state index contributed by atoms with van der Waals surface area (Å²) < 4.78 is 65.4. The van der Waals surface area contributed by atoms with Crippen LogP contribution < -0.4 is 0 Å². The quantitative estimate of drug-likeness (QED) is 0.600. The van der Waals surface area contributed by atoms with Gasteiger partial charge < -0.3 is 0 Å². The van der Waals surface area contributed by atoms with Crippen LogP contribution in [-0.4, -0.2) is 48.0 Å². The zero-order valence-corrected chi connectivity index (χ0v) is 15.6. The molecule has 2 rings (SSSR count).